The second-order valence-corrected chi connectivity index (χ2v) is 7.37. The summed E-state index contributed by atoms with van der Waals surface area (Å²) in [5, 5.41) is 22.8. The Balaban J connectivity index is 2.60. The van der Waals surface area contributed by atoms with E-state index in [0.29, 0.717) is 5.56 Å². The van der Waals surface area contributed by atoms with E-state index in [9.17, 15) is 24.0 Å². The van der Waals surface area contributed by atoms with Gasteiger partial charge in [0.25, 0.3) is 0 Å². The van der Waals surface area contributed by atoms with Crippen LogP contribution in [-0.4, -0.2) is 59.2 Å². The summed E-state index contributed by atoms with van der Waals surface area (Å²) in [6.45, 7) is 2.55. The van der Waals surface area contributed by atoms with E-state index in [0.717, 1.165) is 5.56 Å². The average Bonchev–Trinajstić information content (AvgIpc) is 2.71. The summed E-state index contributed by atoms with van der Waals surface area (Å²) in [7, 11) is 0. The Bertz CT molecular complexity index is 883. The van der Waals surface area contributed by atoms with Gasteiger partial charge in [0.2, 0.25) is 23.6 Å². The third kappa shape index (κ3) is 8.92. The first-order chi connectivity index (χ1) is 14.9. The van der Waals surface area contributed by atoms with Gasteiger partial charge in [0.15, 0.2) is 0 Å². The Hall–Kier alpha value is -3.80. The van der Waals surface area contributed by atoms with Crippen molar-refractivity contribution in [2.75, 3.05) is 6.54 Å². The lowest BCUT2D eigenvalue weighted by molar-refractivity contribution is -0.142. The fourth-order valence-electron chi connectivity index (χ4n) is 2.45. The Morgan fingerprint density at radius 2 is 1.62 bits per heavy atom. The van der Waals surface area contributed by atoms with Crippen LogP contribution < -0.4 is 27.4 Å². The van der Waals surface area contributed by atoms with E-state index < -0.39 is 60.6 Å². The summed E-state index contributed by atoms with van der Waals surface area (Å²) in [5.74, 6) is -5.00. The summed E-state index contributed by atoms with van der Waals surface area (Å²) in [4.78, 5) is 59.0. The molecule has 0 spiro atoms. The van der Waals surface area contributed by atoms with Gasteiger partial charge in [-0.2, -0.15) is 0 Å². The normalized spacial score (nSPS) is 12.4. The van der Waals surface area contributed by atoms with Crippen LogP contribution in [0.4, 0.5) is 0 Å². The summed E-state index contributed by atoms with van der Waals surface area (Å²) in [5.41, 5.74) is 12.5. The zero-order valence-corrected chi connectivity index (χ0v) is 17.8. The largest absolute Gasteiger partial charge is 0.481 e. The SMILES string of the molecule is CC(C)C(=O)NC(=O)[C@H](CC(=O)O)NC(=O)CNC(=O)C(N)Cc1ccc(C(=N)N)cc1. The minimum Gasteiger partial charge on any atom is -0.481 e. The van der Waals surface area contributed by atoms with E-state index in [1.807, 2.05) is 5.32 Å². The molecule has 0 saturated carbocycles. The summed E-state index contributed by atoms with van der Waals surface area (Å²) in [6.07, 6.45) is -0.584. The molecule has 32 heavy (non-hydrogen) atoms. The van der Waals surface area contributed by atoms with E-state index >= 15 is 0 Å². The number of carboxylic acids is 1. The number of nitrogens with two attached hydrogens (primary N) is 2. The van der Waals surface area contributed by atoms with Crippen molar-refractivity contribution in [1.82, 2.24) is 16.0 Å². The van der Waals surface area contributed by atoms with E-state index in [4.69, 9.17) is 22.0 Å². The van der Waals surface area contributed by atoms with Crippen LogP contribution in [0.25, 0.3) is 0 Å². The van der Waals surface area contributed by atoms with Crippen LogP contribution in [0.15, 0.2) is 24.3 Å². The van der Waals surface area contributed by atoms with E-state index in [-0.39, 0.29) is 12.3 Å². The van der Waals surface area contributed by atoms with Gasteiger partial charge in [0.1, 0.15) is 11.9 Å². The molecule has 174 valence electrons. The topological polar surface area (TPSA) is 218 Å². The maximum Gasteiger partial charge on any atom is 0.305 e. The molecule has 9 N–H and O–H groups in total. The maximum atomic E-state index is 12.2. The lowest BCUT2D eigenvalue weighted by Crippen LogP contribution is -2.53. The number of hydrogen-bond donors (Lipinski definition) is 7. The zero-order valence-electron chi connectivity index (χ0n) is 17.8. The minimum atomic E-state index is -1.49. The molecule has 0 aliphatic carbocycles. The molecule has 0 fully saturated rings. The lowest BCUT2D eigenvalue weighted by atomic mass is 10.0. The summed E-state index contributed by atoms with van der Waals surface area (Å²) in [6, 6.07) is 4.11. The third-order valence-electron chi connectivity index (χ3n) is 4.28. The molecule has 0 aliphatic heterocycles. The van der Waals surface area contributed by atoms with Gasteiger partial charge in [-0.15, -0.1) is 0 Å². The molecule has 1 aromatic carbocycles. The van der Waals surface area contributed by atoms with Gasteiger partial charge < -0.3 is 27.2 Å². The molecule has 1 unspecified atom stereocenters. The second-order valence-electron chi connectivity index (χ2n) is 7.37. The number of nitrogens with one attached hydrogen (secondary N) is 4. The number of amides is 4. The Morgan fingerprint density at radius 3 is 2.12 bits per heavy atom. The van der Waals surface area contributed by atoms with Crippen molar-refractivity contribution in [3.05, 3.63) is 35.4 Å². The van der Waals surface area contributed by atoms with Crippen molar-refractivity contribution in [3.8, 4) is 0 Å². The molecule has 4 amide bonds. The minimum absolute atomic E-state index is 0.0898. The predicted octanol–water partition coefficient (Wildman–Crippen LogP) is -1.79. The van der Waals surface area contributed by atoms with Gasteiger partial charge in [-0.1, -0.05) is 38.1 Å². The molecular weight excluding hydrogens is 420 g/mol. The fraction of sp³-hybridized carbons (Fsp3) is 0.400. The van der Waals surface area contributed by atoms with Crippen LogP contribution in [-0.2, 0) is 30.4 Å². The van der Waals surface area contributed by atoms with Crippen LogP contribution >= 0.6 is 0 Å². The van der Waals surface area contributed by atoms with Gasteiger partial charge in [-0.25, -0.2) is 0 Å². The van der Waals surface area contributed by atoms with Crippen molar-refractivity contribution in [3.63, 3.8) is 0 Å². The number of nitrogen functional groups attached to an aromatic ring is 1. The zero-order chi connectivity index (χ0) is 24.4. The van der Waals surface area contributed by atoms with E-state index in [1.165, 1.54) is 0 Å². The molecule has 12 heteroatoms. The standard InChI is InChI=1S/C20H28N6O6/c1-10(2)18(30)26-20(32)14(8-16(28)29)25-15(27)9-24-19(31)13(21)7-11-3-5-12(6-4-11)17(22)23/h3-6,10,13-14H,7-9,21H2,1-2H3,(H3,22,23)(H,24,31)(H,25,27)(H,28,29)(H,26,30,32)/t13?,14-/m0/s1. The highest BCUT2D eigenvalue weighted by Crippen LogP contribution is 2.06. The van der Waals surface area contributed by atoms with Crippen LogP contribution in [0.2, 0.25) is 0 Å². The number of hydrogen-bond acceptors (Lipinski definition) is 7. The number of aliphatic carboxylic acids is 1. The third-order valence-corrected chi connectivity index (χ3v) is 4.28. The molecule has 1 aromatic rings. The van der Waals surface area contributed by atoms with Crippen LogP contribution in [0, 0.1) is 11.3 Å². The highest BCUT2D eigenvalue weighted by Gasteiger charge is 2.26. The smallest absolute Gasteiger partial charge is 0.305 e. The molecule has 0 aromatic heterocycles. The monoisotopic (exact) mass is 448 g/mol. The summed E-state index contributed by atoms with van der Waals surface area (Å²) >= 11 is 0. The fourth-order valence-corrected chi connectivity index (χ4v) is 2.45. The molecule has 1 rings (SSSR count). The van der Waals surface area contributed by atoms with Crippen molar-refractivity contribution >= 4 is 35.4 Å². The van der Waals surface area contributed by atoms with E-state index in [1.54, 1.807) is 38.1 Å². The van der Waals surface area contributed by atoms with Gasteiger partial charge in [-0.05, 0) is 12.0 Å². The predicted molar refractivity (Wildman–Crippen MR) is 114 cm³/mol. The van der Waals surface area contributed by atoms with Crippen LogP contribution in [0.5, 0.6) is 0 Å². The number of carbonyl (C=O) groups excluding carboxylic acids is 4. The number of rotatable bonds is 11. The Kier molecular flexibility index (Phi) is 9.96. The number of imide groups is 1. The quantitative estimate of drug-likeness (QED) is 0.151. The van der Waals surface area contributed by atoms with Gasteiger partial charge in [0, 0.05) is 11.5 Å². The van der Waals surface area contributed by atoms with Crippen molar-refractivity contribution < 1.29 is 29.1 Å². The maximum absolute atomic E-state index is 12.2. The first-order valence-electron chi connectivity index (χ1n) is 9.73. The molecule has 0 bridgehead atoms. The van der Waals surface area contributed by atoms with Crippen LogP contribution in [0.3, 0.4) is 0 Å². The lowest BCUT2D eigenvalue weighted by Gasteiger charge is -2.18. The van der Waals surface area contributed by atoms with Crippen LogP contribution in [0.1, 0.15) is 31.4 Å². The van der Waals surface area contributed by atoms with Gasteiger partial charge in [0.05, 0.1) is 19.0 Å². The molecule has 0 saturated heterocycles. The van der Waals surface area contributed by atoms with E-state index in [2.05, 4.69) is 10.6 Å². The first-order valence-corrected chi connectivity index (χ1v) is 9.73. The Morgan fingerprint density at radius 1 is 1.03 bits per heavy atom. The first kappa shape index (κ1) is 26.2. The highest BCUT2D eigenvalue weighted by molar-refractivity contribution is 6.01. The number of benzene rings is 1. The molecule has 0 radical (unpaired) electrons. The van der Waals surface area contributed by atoms with Gasteiger partial charge >= 0.3 is 5.97 Å². The average molecular weight is 448 g/mol. The van der Waals surface area contributed by atoms with Crippen molar-refractivity contribution in [2.24, 2.45) is 17.4 Å². The number of carboxylic acid groups (broad SMARTS) is 1. The summed E-state index contributed by atoms with van der Waals surface area (Å²) < 4.78 is 0. The molecule has 0 aliphatic rings. The molecule has 12 nitrogen and oxygen atoms in total. The molecule has 0 heterocycles. The van der Waals surface area contributed by atoms with Crippen molar-refractivity contribution in [1.29, 1.82) is 5.41 Å². The number of amidine groups is 1. The van der Waals surface area contributed by atoms with Crippen molar-refractivity contribution in [2.45, 2.75) is 38.8 Å². The number of carbonyl (C=O) groups is 5. The molecule has 2 atom stereocenters. The highest BCUT2D eigenvalue weighted by atomic mass is 16.4. The van der Waals surface area contributed by atoms with Gasteiger partial charge in [-0.3, -0.25) is 34.7 Å². The Labute approximate surface area is 184 Å². The second kappa shape index (κ2) is 12.2. The molecular formula is C20H28N6O6.